The first-order chi connectivity index (χ1) is 12.1. The molecule has 25 heavy (non-hydrogen) atoms. The third-order valence-corrected chi connectivity index (χ3v) is 5.38. The van der Waals surface area contributed by atoms with E-state index in [0.29, 0.717) is 23.8 Å². The number of hydrogen-bond acceptors (Lipinski definition) is 6. The lowest BCUT2D eigenvalue weighted by atomic mass is 10.1. The summed E-state index contributed by atoms with van der Waals surface area (Å²) in [5.74, 6) is 0.877. The molecule has 134 valence electrons. The summed E-state index contributed by atoms with van der Waals surface area (Å²) in [6.45, 7) is 7.70. The molecule has 1 aromatic carbocycles. The molecule has 0 N–H and O–H groups in total. The first kappa shape index (κ1) is 18.2. The van der Waals surface area contributed by atoms with Gasteiger partial charge in [-0.2, -0.15) is 0 Å². The van der Waals surface area contributed by atoms with Crippen LogP contribution in [-0.4, -0.2) is 52.1 Å². The van der Waals surface area contributed by atoms with E-state index < -0.39 is 0 Å². The second-order valence-corrected chi connectivity index (χ2v) is 7.51. The van der Waals surface area contributed by atoms with Crippen molar-refractivity contribution >= 4 is 35.1 Å². The Kier molecular flexibility index (Phi) is 5.98. The lowest BCUT2D eigenvalue weighted by Gasteiger charge is -2.27. The number of ketones is 1. The first-order valence-electron chi connectivity index (χ1n) is 8.32. The second kappa shape index (κ2) is 8.21. The van der Waals surface area contributed by atoms with Crippen LogP contribution in [0.25, 0.3) is 0 Å². The van der Waals surface area contributed by atoms with Crippen molar-refractivity contribution in [1.29, 1.82) is 0 Å². The highest BCUT2D eigenvalue weighted by molar-refractivity contribution is 8.00. The number of Topliss-reactive ketones (excluding diaryl/α,β-unsaturated/α-hetero) is 1. The molecule has 0 bridgehead atoms. The van der Waals surface area contributed by atoms with Crippen LogP contribution in [0, 0.1) is 0 Å². The maximum absolute atomic E-state index is 12.6. The zero-order chi connectivity index (χ0) is 17.8. The number of halogens is 1. The molecule has 3 rings (SSSR count). The summed E-state index contributed by atoms with van der Waals surface area (Å²) in [5.41, 5.74) is 0.614. The van der Waals surface area contributed by atoms with Crippen molar-refractivity contribution in [3.63, 3.8) is 0 Å². The van der Waals surface area contributed by atoms with E-state index in [4.69, 9.17) is 16.3 Å². The van der Waals surface area contributed by atoms with Gasteiger partial charge in [0.15, 0.2) is 10.9 Å². The van der Waals surface area contributed by atoms with Crippen LogP contribution in [0.5, 0.6) is 0 Å². The van der Waals surface area contributed by atoms with Crippen molar-refractivity contribution in [2.75, 3.05) is 31.2 Å². The van der Waals surface area contributed by atoms with E-state index in [9.17, 15) is 4.79 Å². The summed E-state index contributed by atoms with van der Waals surface area (Å²) in [6.07, 6.45) is 0. The molecule has 0 saturated carbocycles. The molecule has 0 aliphatic carbocycles. The lowest BCUT2D eigenvalue weighted by molar-refractivity contribution is 0.0994. The van der Waals surface area contributed by atoms with Crippen molar-refractivity contribution in [2.45, 2.75) is 30.8 Å². The van der Waals surface area contributed by atoms with E-state index in [1.54, 1.807) is 24.3 Å². The molecular weight excluding hydrogens is 360 g/mol. The van der Waals surface area contributed by atoms with Crippen LogP contribution in [0.1, 0.15) is 24.2 Å². The number of carbonyl (C=O) groups excluding carboxylic acids is 1. The highest BCUT2D eigenvalue weighted by Gasteiger charge is 2.23. The van der Waals surface area contributed by atoms with Crippen LogP contribution in [-0.2, 0) is 11.3 Å². The van der Waals surface area contributed by atoms with Crippen molar-refractivity contribution < 1.29 is 9.53 Å². The molecule has 1 aliphatic heterocycles. The highest BCUT2D eigenvalue weighted by Crippen LogP contribution is 2.28. The van der Waals surface area contributed by atoms with Crippen LogP contribution in [0.4, 0.5) is 5.95 Å². The number of carbonyl (C=O) groups is 1. The number of anilines is 1. The van der Waals surface area contributed by atoms with Gasteiger partial charge in [-0.05, 0) is 26.0 Å². The van der Waals surface area contributed by atoms with E-state index in [1.807, 2.05) is 6.92 Å². The van der Waals surface area contributed by atoms with Gasteiger partial charge >= 0.3 is 0 Å². The average Bonchev–Trinajstić information content (AvgIpc) is 3.04. The summed E-state index contributed by atoms with van der Waals surface area (Å²) < 4.78 is 7.45. The molecule has 1 aromatic heterocycles. The van der Waals surface area contributed by atoms with Crippen molar-refractivity contribution in [3.8, 4) is 0 Å². The van der Waals surface area contributed by atoms with Crippen molar-refractivity contribution in [1.82, 2.24) is 14.8 Å². The monoisotopic (exact) mass is 380 g/mol. The Morgan fingerprint density at radius 1 is 1.36 bits per heavy atom. The number of nitrogens with zero attached hydrogens (tertiary/aromatic N) is 4. The fourth-order valence-corrected chi connectivity index (χ4v) is 3.91. The zero-order valence-corrected chi connectivity index (χ0v) is 15.9. The minimum Gasteiger partial charge on any atom is -0.378 e. The number of benzene rings is 1. The van der Waals surface area contributed by atoms with Gasteiger partial charge in [-0.1, -0.05) is 35.5 Å². The summed E-state index contributed by atoms with van der Waals surface area (Å²) in [6, 6.07) is 7.04. The smallest absolute Gasteiger partial charge is 0.228 e. The quantitative estimate of drug-likeness (QED) is 0.566. The van der Waals surface area contributed by atoms with Crippen LogP contribution in [0.2, 0.25) is 5.02 Å². The van der Waals surface area contributed by atoms with Gasteiger partial charge in [-0.15, -0.1) is 10.2 Å². The Bertz CT molecular complexity index is 746. The van der Waals surface area contributed by atoms with Crippen LogP contribution < -0.4 is 4.90 Å². The van der Waals surface area contributed by atoms with Gasteiger partial charge in [0.1, 0.15) is 0 Å². The number of aromatic nitrogens is 3. The third-order valence-electron chi connectivity index (χ3n) is 4.07. The van der Waals surface area contributed by atoms with Gasteiger partial charge in [0.25, 0.3) is 0 Å². The minimum atomic E-state index is -0.273. The normalized spacial score (nSPS) is 16.0. The fraction of sp³-hybridized carbons (Fsp3) is 0.471. The topological polar surface area (TPSA) is 60.2 Å². The largest absolute Gasteiger partial charge is 0.378 e. The highest BCUT2D eigenvalue weighted by atomic mass is 35.5. The molecule has 2 aromatic rings. The standard InChI is InChI=1S/C17H21ClN4O2S/c1-3-22-16(21-7-9-24-10-8-21)19-20-17(22)25-12(2)15(23)13-5-4-6-14(18)11-13/h4-6,11-12H,3,7-10H2,1-2H3. The molecule has 0 radical (unpaired) electrons. The van der Waals surface area contributed by atoms with E-state index in [0.717, 1.165) is 30.7 Å². The fourth-order valence-electron chi connectivity index (χ4n) is 2.73. The first-order valence-corrected chi connectivity index (χ1v) is 9.58. The Hall–Kier alpha value is -1.57. The van der Waals surface area contributed by atoms with Gasteiger partial charge in [0.2, 0.25) is 5.95 Å². The molecule has 1 unspecified atom stereocenters. The van der Waals surface area contributed by atoms with Crippen LogP contribution in [0.3, 0.4) is 0 Å². The predicted octanol–water partition coefficient (Wildman–Crippen LogP) is 3.15. The minimum absolute atomic E-state index is 0.0334. The van der Waals surface area contributed by atoms with Gasteiger partial charge in [0, 0.05) is 30.2 Å². The Morgan fingerprint density at radius 3 is 2.80 bits per heavy atom. The molecule has 1 saturated heterocycles. The number of thioether (sulfide) groups is 1. The number of rotatable bonds is 6. The maximum Gasteiger partial charge on any atom is 0.228 e. The van der Waals surface area contributed by atoms with Crippen LogP contribution in [0.15, 0.2) is 29.4 Å². The molecule has 1 atom stereocenters. The van der Waals surface area contributed by atoms with E-state index in [2.05, 4.69) is 26.6 Å². The molecule has 6 nitrogen and oxygen atoms in total. The van der Waals surface area contributed by atoms with Crippen molar-refractivity contribution in [2.24, 2.45) is 0 Å². The van der Waals surface area contributed by atoms with Gasteiger partial charge in [0.05, 0.1) is 18.5 Å². The maximum atomic E-state index is 12.6. The molecule has 1 fully saturated rings. The molecule has 8 heteroatoms. The van der Waals surface area contributed by atoms with Gasteiger partial charge in [-0.25, -0.2) is 0 Å². The Balaban J connectivity index is 1.75. The molecule has 0 amide bonds. The average molecular weight is 381 g/mol. The Morgan fingerprint density at radius 2 is 2.12 bits per heavy atom. The van der Waals surface area contributed by atoms with Gasteiger partial charge in [-0.3, -0.25) is 9.36 Å². The molecule has 2 heterocycles. The molecule has 0 spiro atoms. The Labute approximate surface area is 156 Å². The number of morpholine rings is 1. The summed E-state index contributed by atoms with van der Waals surface area (Å²) in [5, 5.41) is 9.70. The number of ether oxygens (including phenoxy) is 1. The van der Waals surface area contributed by atoms with Gasteiger partial charge < -0.3 is 9.64 Å². The van der Waals surface area contributed by atoms with Crippen molar-refractivity contribution in [3.05, 3.63) is 34.9 Å². The molecule has 1 aliphatic rings. The summed E-state index contributed by atoms with van der Waals surface area (Å²) >= 11 is 7.42. The summed E-state index contributed by atoms with van der Waals surface area (Å²) in [4.78, 5) is 14.8. The SMILES string of the molecule is CCn1c(SC(C)C(=O)c2cccc(Cl)c2)nnc1N1CCOCC1. The summed E-state index contributed by atoms with van der Waals surface area (Å²) in [7, 11) is 0. The zero-order valence-electron chi connectivity index (χ0n) is 14.3. The third kappa shape index (κ3) is 4.16. The molecular formula is C17H21ClN4O2S. The van der Waals surface area contributed by atoms with Crippen LogP contribution >= 0.6 is 23.4 Å². The lowest BCUT2D eigenvalue weighted by Crippen LogP contribution is -2.38. The second-order valence-electron chi connectivity index (χ2n) is 5.76. The number of hydrogen-bond donors (Lipinski definition) is 0. The van der Waals surface area contributed by atoms with E-state index >= 15 is 0 Å². The predicted molar refractivity (Wildman–Crippen MR) is 99.8 cm³/mol. The van der Waals surface area contributed by atoms with E-state index in [1.165, 1.54) is 11.8 Å². The van der Waals surface area contributed by atoms with E-state index in [-0.39, 0.29) is 11.0 Å².